The fourth-order valence-corrected chi connectivity index (χ4v) is 3.46. The Morgan fingerprint density at radius 1 is 0.900 bits per heavy atom. The summed E-state index contributed by atoms with van der Waals surface area (Å²) in [5, 5.41) is 10.2. The minimum atomic E-state index is -0.108. The molecule has 0 spiro atoms. The fourth-order valence-electron chi connectivity index (χ4n) is 3.06. The van der Waals surface area contributed by atoms with Crippen LogP contribution in [0.25, 0.3) is 10.9 Å². The van der Waals surface area contributed by atoms with Crippen LogP contribution in [0.15, 0.2) is 83.6 Å². The van der Waals surface area contributed by atoms with Gasteiger partial charge in [0, 0.05) is 27.8 Å². The monoisotopic (exact) mass is 461 g/mol. The lowest BCUT2D eigenvalue weighted by Gasteiger charge is -2.11. The SMILES string of the molecule is O=C(CNCc1ccccc1)Nc1ccc2ncnc(Nc3cccc(Br)c3)c2c1. The first-order valence-corrected chi connectivity index (χ1v) is 10.3. The first-order valence-electron chi connectivity index (χ1n) is 9.49. The number of hydrogen-bond donors (Lipinski definition) is 3. The molecule has 0 atom stereocenters. The quantitative estimate of drug-likeness (QED) is 0.366. The number of aromatic nitrogens is 2. The van der Waals surface area contributed by atoms with Crippen LogP contribution in [0.3, 0.4) is 0 Å². The van der Waals surface area contributed by atoms with Gasteiger partial charge in [-0.1, -0.05) is 52.3 Å². The molecule has 4 rings (SSSR count). The van der Waals surface area contributed by atoms with Crippen molar-refractivity contribution in [1.82, 2.24) is 15.3 Å². The topological polar surface area (TPSA) is 78.9 Å². The van der Waals surface area contributed by atoms with E-state index in [1.807, 2.05) is 72.8 Å². The van der Waals surface area contributed by atoms with Crippen LogP contribution in [0.5, 0.6) is 0 Å². The van der Waals surface area contributed by atoms with Crippen LogP contribution in [0, 0.1) is 0 Å². The molecule has 0 aliphatic carbocycles. The Morgan fingerprint density at radius 3 is 2.60 bits per heavy atom. The van der Waals surface area contributed by atoms with E-state index in [2.05, 4.69) is 41.8 Å². The van der Waals surface area contributed by atoms with Gasteiger partial charge in [-0.25, -0.2) is 9.97 Å². The fraction of sp³-hybridized carbons (Fsp3) is 0.0870. The molecule has 0 aliphatic rings. The number of carbonyl (C=O) groups excluding carboxylic acids is 1. The molecule has 0 radical (unpaired) electrons. The number of anilines is 3. The van der Waals surface area contributed by atoms with E-state index in [9.17, 15) is 4.79 Å². The molecule has 30 heavy (non-hydrogen) atoms. The van der Waals surface area contributed by atoms with Gasteiger partial charge in [-0.05, 0) is 42.0 Å². The molecule has 6 nitrogen and oxygen atoms in total. The number of nitrogens with one attached hydrogen (secondary N) is 3. The maximum Gasteiger partial charge on any atom is 0.238 e. The van der Waals surface area contributed by atoms with Gasteiger partial charge in [0.15, 0.2) is 0 Å². The summed E-state index contributed by atoms with van der Waals surface area (Å²) in [5.74, 6) is 0.569. The maximum absolute atomic E-state index is 12.3. The molecule has 7 heteroatoms. The lowest BCUT2D eigenvalue weighted by molar-refractivity contribution is -0.115. The summed E-state index contributed by atoms with van der Waals surface area (Å²) in [7, 11) is 0. The molecule has 0 bridgehead atoms. The standard InChI is InChI=1S/C23H20BrN5O/c24-17-7-4-8-18(11-17)29-23-20-12-19(9-10-21(20)26-15-27-23)28-22(30)14-25-13-16-5-2-1-3-6-16/h1-12,15,25H,13-14H2,(H,28,30)(H,26,27,29). The Hall–Kier alpha value is -3.29. The second-order valence-electron chi connectivity index (χ2n) is 6.73. The van der Waals surface area contributed by atoms with Crippen LogP contribution in [-0.4, -0.2) is 22.4 Å². The Balaban J connectivity index is 1.45. The molecule has 0 saturated heterocycles. The van der Waals surface area contributed by atoms with Crippen molar-refractivity contribution in [3.63, 3.8) is 0 Å². The van der Waals surface area contributed by atoms with Crippen molar-refractivity contribution >= 4 is 49.9 Å². The lowest BCUT2D eigenvalue weighted by Crippen LogP contribution is -2.27. The van der Waals surface area contributed by atoms with Crippen molar-refractivity contribution in [2.24, 2.45) is 0 Å². The zero-order valence-electron chi connectivity index (χ0n) is 16.1. The normalized spacial score (nSPS) is 10.7. The van der Waals surface area contributed by atoms with Gasteiger partial charge < -0.3 is 16.0 Å². The molecule has 3 aromatic carbocycles. The van der Waals surface area contributed by atoms with Crippen LogP contribution in [0.1, 0.15) is 5.56 Å². The first-order chi connectivity index (χ1) is 14.7. The number of fused-ring (bicyclic) bond motifs is 1. The highest BCUT2D eigenvalue weighted by Gasteiger charge is 2.08. The van der Waals surface area contributed by atoms with E-state index in [1.54, 1.807) is 0 Å². The third kappa shape index (κ3) is 5.20. The second kappa shape index (κ2) is 9.47. The first kappa shape index (κ1) is 20.0. The van der Waals surface area contributed by atoms with Crippen LogP contribution < -0.4 is 16.0 Å². The summed E-state index contributed by atoms with van der Waals surface area (Å²) in [6, 6.07) is 23.4. The van der Waals surface area contributed by atoms with Crippen molar-refractivity contribution in [2.75, 3.05) is 17.2 Å². The largest absolute Gasteiger partial charge is 0.340 e. The predicted molar refractivity (Wildman–Crippen MR) is 124 cm³/mol. The van der Waals surface area contributed by atoms with Gasteiger partial charge in [0.2, 0.25) is 5.91 Å². The van der Waals surface area contributed by atoms with Gasteiger partial charge in [0.25, 0.3) is 0 Å². The minimum Gasteiger partial charge on any atom is -0.340 e. The Kier molecular flexibility index (Phi) is 6.32. The molecule has 4 aromatic rings. The van der Waals surface area contributed by atoms with E-state index in [-0.39, 0.29) is 12.5 Å². The second-order valence-corrected chi connectivity index (χ2v) is 7.64. The Labute approximate surface area is 182 Å². The van der Waals surface area contributed by atoms with Crippen LogP contribution in [0.2, 0.25) is 0 Å². The highest BCUT2D eigenvalue weighted by atomic mass is 79.9. The molecule has 3 N–H and O–H groups in total. The summed E-state index contributed by atoms with van der Waals surface area (Å²) >= 11 is 3.47. The average molecular weight is 462 g/mol. The van der Waals surface area contributed by atoms with Gasteiger partial charge in [-0.15, -0.1) is 0 Å². The van der Waals surface area contributed by atoms with E-state index < -0.39 is 0 Å². The molecule has 0 aliphatic heterocycles. The van der Waals surface area contributed by atoms with Crippen molar-refractivity contribution in [2.45, 2.75) is 6.54 Å². The molecule has 0 saturated carbocycles. The molecule has 1 amide bonds. The van der Waals surface area contributed by atoms with Gasteiger partial charge in [-0.2, -0.15) is 0 Å². The van der Waals surface area contributed by atoms with E-state index in [1.165, 1.54) is 6.33 Å². The van der Waals surface area contributed by atoms with Crippen molar-refractivity contribution in [1.29, 1.82) is 0 Å². The molecule has 0 fully saturated rings. The summed E-state index contributed by atoms with van der Waals surface area (Å²) < 4.78 is 0.974. The number of halogens is 1. The van der Waals surface area contributed by atoms with Gasteiger partial charge >= 0.3 is 0 Å². The number of rotatable bonds is 7. The van der Waals surface area contributed by atoms with Gasteiger partial charge in [0.05, 0.1) is 12.1 Å². The molecular weight excluding hydrogens is 442 g/mol. The molecule has 0 unspecified atom stereocenters. The number of carbonyl (C=O) groups is 1. The zero-order valence-corrected chi connectivity index (χ0v) is 17.7. The number of hydrogen-bond acceptors (Lipinski definition) is 5. The summed E-state index contributed by atoms with van der Waals surface area (Å²) in [4.78, 5) is 21.0. The summed E-state index contributed by atoms with van der Waals surface area (Å²) in [6.07, 6.45) is 1.52. The Bertz CT molecular complexity index is 1170. The predicted octanol–water partition coefficient (Wildman–Crippen LogP) is 4.86. The molecule has 1 heterocycles. The number of benzene rings is 3. The summed E-state index contributed by atoms with van der Waals surface area (Å²) in [6.45, 7) is 0.863. The Morgan fingerprint density at radius 2 is 1.77 bits per heavy atom. The van der Waals surface area contributed by atoms with Crippen LogP contribution in [-0.2, 0) is 11.3 Å². The smallest absolute Gasteiger partial charge is 0.238 e. The average Bonchev–Trinajstić information content (AvgIpc) is 2.75. The van der Waals surface area contributed by atoms with E-state index in [0.717, 1.165) is 26.6 Å². The molecular formula is C23H20BrN5O. The van der Waals surface area contributed by atoms with E-state index in [0.29, 0.717) is 18.1 Å². The molecule has 1 aromatic heterocycles. The van der Waals surface area contributed by atoms with Crippen LogP contribution >= 0.6 is 15.9 Å². The zero-order chi connectivity index (χ0) is 20.8. The van der Waals surface area contributed by atoms with E-state index >= 15 is 0 Å². The van der Waals surface area contributed by atoms with Crippen molar-refractivity contribution in [3.05, 3.63) is 89.2 Å². The highest BCUT2D eigenvalue weighted by molar-refractivity contribution is 9.10. The third-order valence-corrected chi connectivity index (χ3v) is 4.96. The van der Waals surface area contributed by atoms with E-state index in [4.69, 9.17) is 0 Å². The third-order valence-electron chi connectivity index (χ3n) is 4.46. The van der Waals surface area contributed by atoms with Crippen LogP contribution in [0.4, 0.5) is 17.2 Å². The van der Waals surface area contributed by atoms with Crippen molar-refractivity contribution < 1.29 is 4.79 Å². The minimum absolute atomic E-state index is 0.108. The highest BCUT2D eigenvalue weighted by Crippen LogP contribution is 2.26. The van der Waals surface area contributed by atoms with Gasteiger partial charge in [0.1, 0.15) is 12.1 Å². The maximum atomic E-state index is 12.3. The van der Waals surface area contributed by atoms with Gasteiger partial charge in [-0.3, -0.25) is 4.79 Å². The number of nitrogens with zero attached hydrogens (tertiary/aromatic N) is 2. The lowest BCUT2D eigenvalue weighted by atomic mass is 10.2. The van der Waals surface area contributed by atoms with Crippen molar-refractivity contribution in [3.8, 4) is 0 Å². The summed E-state index contributed by atoms with van der Waals surface area (Å²) in [5.41, 5.74) is 3.53. The molecule has 150 valence electrons. The number of amides is 1.